The van der Waals surface area contributed by atoms with E-state index in [4.69, 9.17) is 21.2 Å². The summed E-state index contributed by atoms with van der Waals surface area (Å²) in [5.74, 6) is 0.145. The lowest BCUT2D eigenvalue weighted by atomic mass is 10.0. The number of hydrogen-bond acceptors (Lipinski definition) is 4. The van der Waals surface area contributed by atoms with Crippen LogP contribution >= 0.6 is 10.7 Å². The number of carbonyl (C=O) groups is 1. The molecule has 1 rings (SSSR count). The van der Waals surface area contributed by atoms with Gasteiger partial charge in [0.2, 0.25) is 5.91 Å². The Hall–Kier alpha value is -1.27. The van der Waals surface area contributed by atoms with Gasteiger partial charge >= 0.3 is 0 Å². The second-order valence-corrected chi connectivity index (χ2v) is 7.35. The molecule has 0 atom stereocenters. The molecule has 2 N–H and O–H groups in total. The van der Waals surface area contributed by atoms with E-state index in [2.05, 4.69) is 0 Å². The summed E-state index contributed by atoms with van der Waals surface area (Å²) >= 11 is 0. The molecule has 112 valence electrons. The minimum Gasteiger partial charge on any atom is -0.493 e. The number of hydrogen-bond donors (Lipinski definition) is 1. The van der Waals surface area contributed by atoms with E-state index in [0.29, 0.717) is 11.3 Å². The highest BCUT2D eigenvalue weighted by Gasteiger charge is 2.19. The van der Waals surface area contributed by atoms with Crippen LogP contribution in [0.3, 0.4) is 0 Å². The zero-order valence-electron chi connectivity index (χ0n) is 11.6. The van der Waals surface area contributed by atoms with Crippen LogP contribution in [0, 0.1) is 6.92 Å². The Morgan fingerprint density at radius 1 is 1.40 bits per heavy atom. The molecule has 0 aliphatic rings. The predicted molar refractivity (Wildman–Crippen MR) is 77.6 cm³/mol. The molecule has 1 aromatic carbocycles. The van der Waals surface area contributed by atoms with E-state index in [-0.39, 0.29) is 23.8 Å². The lowest BCUT2D eigenvalue weighted by molar-refractivity contribution is -0.118. The van der Waals surface area contributed by atoms with Crippen molar-refractivity contribution >= 4 is 25.6 Å². The van der Waals surface area contributed by atoms with Gasteiger partial charge in [0.15, 0.2) is 0 Å². The van der Waals surface area contributed by atoms with Crippen LogP contribution in [0.15, 0.2) is 17.0 Å². The number of primary amides is 1. The fourth-order valence-corrected chi connectivity index (χ4v) is 2.99. The summed E-state index contributed by atoms with van der Waals surface area (Å²) in [6, 6.07) is 3.13. The van der Waals surface area contributed by atoms with Crippen LogP contribution in [0.1, 0.15) is 37.3 Å². The van der Waals surface area contributed by atoms with E-state index in [0.717, 1.165) is 5.56 Å². The molecular weight excluding hydrogens is 302 g/mol. The minimum atomic E-state index is -3.80. The van der Waals surface area contributed by atoms with Gasteiger partial charge in [0.25, 0.3) is 9.05 Å². The normalized spacial score (nSPS) is 11.7. The standard InChI is InChI=1S/C13H18ClNO4S/c1-8(2)10-7-12(20(14,17)18)9(3)6-11(10)19-5-4-13(15)16/h6-8H,4-5H2,1-3H3,(H2,15,16). The van der Waals surface area contributed by atoms with Crippen molar-refractivity contribution in [3.8, 4) is 5.75 Å². The maximum absolute atomic E-state index is 11.5. The molecule has 0 fully saturated rings. The molecule has 0 aliphatic heterocycles. The van der Waals surface area contributed by atoms with E-state index in [1.165, 1.54) is 6.07 Å². The second kappa shape index (κ2) is 6.45. The number of nitrogens with two attached hydrogens (primary N) is 1. The van der Waals surface area contributed by atoms with Gasteiger partial charge in [-0.25, -0.2) is 8.42 Å². The summed E-state index contributed by atoms with van der Waals surface area (Å²) in [6.45, 7) is 5.62. The first-order valence-electron chi connectivity index (χ1n) is 6.13. The molecular formula is C13H18ClNO4S. The fraction of sp³-hybridized carbons (Fsp3) is 0.462. The van der Waals surface area contributed by atoms with Crippen molar-refractivity contribution in [3.63, 3.8) is 0 Å². The van der Waals surface area contributed by atoms with Crippen LogP contribution in [0.5, 0.6) is 5.75 Å². The Kier molecular flexibility index (Phi) is 5.42. The molecule has 0 bridgehead atoms. The number of carbonyl (C=O) groups excluding carboxylic acids is 1. The topological polar surface area (TPSA) is 86.5 Å². The third-order valence-electron chi connectivity index (χ3n) is 2.80. The quantitative estimate of drug-likeness (QED) is 0.815. The maximum atomic E-state index is 11.5. The average molecular weight is 320 g/mol. The highest BCUT2D eigenvalue weighted by Crippen LogP contribution is 2.33. The summed E-state index contributed by atoms with van der Waals surface area (Å²) < 4.78 is 28.5. The van der Waals surface area contributed by atoms with Crippen molar-refractivity contribution in [3.05, 3.63) is 23.3 Å². The van der Waals surface area contributed by atoms with Gasteiger partial charge in [-0.05, 0) is 36.1 Å². The third-order valence-corrected chi connectivity index (χ3v) is 4.26. The van der Waals surface area contributed by atoms with Gasteiger partial charge < -0.3 is 10.5 Å². The van der Waals surface area contributed by atoms with Gasteiger partial charge in [0.1, 0.15) is 5.75 Å². The monoisotopic (exact) mass is 319 g/mol. The van der Waals surface area contributed by atoms with Gasteiger partial charge in [0.05, 0.1) is 17.9 Å². The number of ether oxygens (including phenoxy) is 1. The summed E-state index contributed by atoms with van der Waals surface area (Å²) in [7, 11) is 1.61. The predicted octanol–water partition coefficient (Wildman–Crippen LogP) is 2.30. The highest BCUT2D eigenvalue weighted by molar-refractivity contribution is 8.13. The minimum absolute atomic E-state index is 0.0522. The van der Waals surface area contributed by atoms with Gasteiger partial charge in [-0.1, -0.05) is 13.8 Å². The fourth-order valence-electron chi connectivity index (χ4n) is 1.78. The van der Waals surface area contributed by atoms with Crippen molar-refractivity contribution in [2.45, 2.75) is 38.0 Å². The number of amides is 1. The van der Waals surface area contributed by atoms with Gasteiger partial charge in [-0.2, -0.15) is 0 Å². The smallest absolute Gasteiger partial charge is 0.261 e. The van der Waals surface area contributed by atoms with Gasteiger partial charge in [-0.3, -0.25) is 4.79 Å². The lowest BCUT2D eigenvalue weighted by Crippen LogP contribution is -2.15. The maximum Gasteiger partial charge on any atom is 0.261 e. The molecule has 0 aliphatic carbocycles. The van der Waals surface area contributed by atoms with Crippen molar-refractivity contribution in [2.75, 3.05) is 6.61 Å². The van der Waals surface area contributed by atoms with Crippen LogP contribution < -0.4 is 10.5 Å². The molecule has 0 aromatic heterocycles. The van der Waals surface area contributed by atoms with Crippen LogP contribution in [0.25, 0.3) is 0 Å². The molecule has 0 saturated heterocycles. The summed E-state index contributed by atoms with van der Waals surface area (Å²) in [5, 5.41) is 0. The Morgan fingerprint density at radius 3 is 2.45 bits per heavy atom. The molecule has 0 saturated carbocycles. The van der Waals surface area contributed by atoms with Crippen molar-refractivity contribution in [1.82, 2.24) is 0 Å². The zero-order valence-corrected chi connectivity index (χ0v) is 13.2. The van der Waals surface area contributed by atoms with Crippen LogP contribution in [0.2, 0.25) is 0 Å². The lowest BCUT2D eigenvalue weighted by Gasteiger charge is -2.16. The molecule has 0 unspecified atom stereocenters. The van der Waals surface area contributed by atoms with Crippen LogP contribution in [-0.2, 0) is 13.8 Å². The number of aryl methyl sites for hydroxylation is 1. The Bertz CT molecular complexity index is 611. The Balaban J connectivity index is 3.18. The number of rotatable bonds is 6. The van der Waals surface area contributed by atoms with E-state index < -0.39 is 15.0 Å². The van der Waals surface area contributed by atoms with Crippen LogP contribution in [0.4, 0.5) is 0 Å². The molecule has 7 heteroatoms. The Labute approximate surface area is 123 Å². The molecule has 5 nitrogen and oxygen atoms in total. The van der Waals surface area contributed by atoms with Crippen molar-refractivity contribution in [1.29, 1.82) is 0 Å². The first-order chi connectivity index (χ1) is 9.12. The Morgan fingerprint density at radius 2 is 2.00 bits per heavy atom. The van der Waals surface area contributed by atoms with E-state index >= 15 is 0 Å². The number of halogens is 1. The molecule has 1 amide bonds. The van der Waals surface area contributed by atoms with Crippen molar-refractivity contribution in [2.24, 2.45) is 5.73 Å². The molecule has 0 spiro atoms. The molecule has 20 heavy (non-hydrogen) atoms. The highest BCUT2D eigenvalue weighted by atomic mass is 35.7. The van der Waals surface area contributed by atoms with E-state index in [9.17, 15) is 13.2 Å². The SMILES string of the molecule is Cc1cc(OCCC(N)=O)c(C(C)C)cc1S(=O)(=O)Cl. The first kappa shape index (κ1) is 16.8. The molecule has 0 radical (unpaired) electrons. The number of benzene rings is 1. The average Bonchev–Trinajstić information content (AvgIpc) is 2.26. The van der Waals surface area contributed by atoms with Gasteiger partial charge in [-0.15, -0.1) is 0 Å². The van der Waals surface area contributed by atoms with E-state index in [1.54, 1.807) is 13.0 Å². The van der Waals surface area contributed by atoms with Crippen LogP contribution in [-0.4, -0.2) is 20.9 Å². The largest absolute Gasteiger partial charge is 0.493 e. The third kappa shape index (κ3) is 4.38. The second-order valence-electron chi connectivity index (χ2n) is 4.81. The van der Waals surface area contributed by atoms with Crippen molar-refractivity contribution < 1.29 is 17.9 Å². The summed E-state index contributed by atoms with van der Waals surface area (Å²) in [6.07, 6.45) is 0.103. The first-order valence-corrected chi connectivity index (χ1v) is 8.44. The van der Waals surface area contributed by atoms with E-state index in [1.807, 2.05) is 13.8 Å². The summed E-state index contributed by atoms with van der Waals surface area (Å²) in [5.41, 5.74) is 6.27. The van der Waals surface area contributed by atoms with Gasteiger partial charge in [0, 0.05) is 10.7 Å². The zero-order chi connectivity index (χ0) is 15.5. The summed E-state index contributed by atoms with van der Waals surface area (Å²) in [4.78, 5) is 10.8. The molecule has 1 aromatic rings. The molecule has 0 heterocycles.